The predicted octanol–water partition coefficient (Wildman–Crippen LogP) is 4.75. The summed E-state index contributed by atoms with van der Waals surface area (Å²) in [5.74, 6) is 2.16. The monoisotopic (exact) mass is 348 g/mol. The van der Waals surface area contributed by atoms with E-state index < -0.39 is 11.7 Å². The van der Waals surface area contributed by atoms with Crippen LogP contribution >= 0.6 is 0 Å². The van der Waals surface area contributed by atoms with Gasteiger partial charge in [0.2, 0.25) is 0 Å². The van der Waals surface area contributed by atoms with Gasteiger partial charge in [-0.25, -0.2) is 9.97 Å². The van der Waals surface area contributed by atoms with Crippen LogP contribution in [0.3, 0.4) is 0 Å². The normalized spacial score (nSPS) is 11.4. The Kier molecular flexibility index (Phi) is 4.60. The van der Waals surface area contributed by atoms with Gasteiger partial charge in [0.1, 0.15) is 23.2 Å². The van der Waals surface area contributed by atoms with E-state index in [1.807, 2.05) is 6.07 Å². The van der Waals surface area contributed by atoms with E-state index in [9.17, 15) is 13.2 Å². The van der Waals surface area contributed by atoms with Crippen LogP contribution in [0, 0.1) is 6.92 Å². The van der Waals surface area contributed by atoms with Gasteiger partial charge in [-0.1, -0.05) is 6.07 Å². The van der Waals surface area contributed by atoms with Crippen LogP contribution < -0.4 is 10.6 Å². The van der Waals surface area contributed by atoms with Crippen molar-refractivity contribution in [1.29, 1.82) is 0 Å². The standard InChI is InChI=1S/C17H15F3N4O/c1-11-22-15(21-10-14-6-3-7-25-14)9-16(23-11)24-13-5-2-4-12(8-13)17(18,19)20/h2-9H,10H2,1H3,(H2,21,22,23,24). The van der Waals surface area contributed by atoms with Crippen LogP contribution in [0.4, 0.5) is 30.5 Å². The number of alkyl halides is 3. The maximum atomic E-state index is 12.8. The highest BCUT2D eigenvalue weighted by Crippen LogP contribution is 2.31. The molecule has 0 radical (unpaired) electrons. The van der Waals surface area contributed by atoms with Gasteiger partial charge in [0.05, 0.1) is 18.4 Å². The number of anilines is 3. The summed E-state index contributed by atoms with van der Waals surface area (Å²) >= 11 is 0. The molecule has 0 atom stereocenters. The van der Waals surface area contributed by atoms with Crippen molar-refractivity contribution >= 4 is 17.3 Å². The van der Waals surface area contributed by atoms with E-state index in [0.717, 1.165) is 17.9 Å². The minimum atomic E-state index is -4.39. The first kappa shape index (κ1) is 16.8. The van der Waals surface area contributed by atoms with Gasteiger partial charge >= 0.3 is 6.18 Å². The van der Waals surface area contributed by atoms with E-state index >= 15 is 0 Å². The minimum absolute atomic E-state index is 0.296. The minimum Gasteiger partial charge on any atom is -0.467 e. The zero-order valence-corrected chi connectivity index (χ0v) is 13.3. The summed E-state index contributed by atoms with van der Waals surface area (Å²) < 4.78 is 43.6. The number of nitrogens with zero attached hydrogens (tertiary/aromatic N) is 2. The SMILES string of the molecule is Cc1nc(NCc2ccco2)cc(Nc2cccc(C(F)(F)F)c2)n1. The lowest BCUT2D eigenvalue weighted by Crippen LogP contribution is -2.06. The molecule has 0 amide bonds. The van der Waals surface area contributed by atoms with Gasteiger partial charge in [-0.3, -0.25) is 0 Å². The molecule has 0 fully saturated rings. The third kappa shape index (κ3) is 4.50. The Balaban J connectivity index is 1.76. The number of nitrogens with one attached hydrogen (secondary N) is 2. The van der Waals surface area contributed by atoms with Gasteiger partial charge in [0, 0.05) is 11.8 Å². The highest BCUT2D eigenvalue weighted by molar-refractivity contribution is 5.60. The van der Waals surface area contributed by atoms with Crippen molar-refractivity contribution in [3.05, 3.63) is 65.9 Å². The van der Waals surface area contributed by atoms with E-state index in [2.05, 4.69) is 20.6 Å². The van der Waals surface area contributed by atoms with Crippen LogP contribution in [0.2, 0.25) is 0 Å². The third-order valence-corrected chi connectivity index (χ3v) is 3.32. The Morgan fingerprint density at radius 3 is 2.56 bits per heavy atom. The van der Waals surface area contributed by atoms with Crippen LogP contribution in [-0.4, -0.2) is 9.97 Å². The second-order valence-electron chi connectivity index (χ2n) is 5.32. The van der Waals surface area contributed by atoms with E-state index in [1.165, 1.54) is 6.07 Å². The molecule has 0 aliphatic heterocycles. The van der Waals surface area contributed by atoms with Gasteiger partial charge in [0.25, 0.3) is 0 Å². The van der Waals surface area contributed by atoms with Crippen molar-refractivity contribution in [2.24, 2.45) is 0 Å². The molecule has 0 bridgehead atoms. The zero-order chi connectivity index (χ0) is 17.9. The number of halogens is 3. The molecule has 0 aliphatic carbocycles. The van der Waals surface area contributed by atoms with Gasteiger partial charge in [0.15, 0.2) is 0 Å². The van der Waals surface area contributed by atoms with Gasteiger partial charge in [-0.2, -0.15) is 13.2 Å². The number of aromatic nitrogens is 2. The van der Waals surface area contributed by atoms with Crippen molar-refractivity contribution in [1.82, 2.24) is 9.97 Å². The predicted molar refractivity (Wildman–Crippen MR) is 87.5 cm³/mol. The highest BCUT2D eigenvalue weighted by Gasteiger charge is 2.30. The molecular weight excluding hydrogens is 333 g/mol. The van der Waals surface area contributed by atoms with Crippen LogP contribution in [0.5, 0.6) is 0 Å². The van der Waals surface area contributed by atoms with Gasteiger partial charge in [-0.15, -0.1) is 0 Å². The molecule has 5 nitrogen and oxygen atoms in total. The smallest absolute Gasteiger partial charge is 0.416 e. The molecule has 0 unspecified atom stereocenters. The summed E-state index contributed by atoms with van der Waals surface area (Å²) in [7, 11) is 0. The Bertz CT molecular complexity index is 847. The highest BCUT2D eigenvalue weighted by atomic mass is 19.4. The summed E-state index contributed by atoms with van der Waals surface area (Å²) in [5.41, 5.74) is -0.427. The van der Waals surface area contributed by atoms with Gasteiger partial charge < -0.3 is 15.1 Å². The van der Waals surface area contributed by atoms with Crippen molar-refractivity contribution in [3.8, 4) is 0 Å². The molecule has 0 saturated heterocycles. The summed E-state index contributed by atoms with van der Waals surface area (Å²) in [6, 6.07) is 10.2. The Morgan fingerprint density at radius 2 is 1.84 bits per heavy atom. The quantitative estimate of drug-likeness (QED) is 0.696. The Morgan fingerprint density at radius 1 is 1.04 bits per heavy atom. The van der Waals surface area contributed by atoms with Gasteiger partial charge in [-0.05, 0) is 37.3 Å². The van der Waals surface area contributed by atoms with Crippen LogP contribution in [0.15, 0.2) is 53.1 Å². The van der Waals surface area contributed by atoms with Crippen molar-refractivity contribution in [2.75, 3.05) is 10.6 Å². The fourth-order valence-electron chi connectivity index (χ4n) is 2.23. The molecule has 0 spiro atoms. The van der Waals surface area contributed by atoms with Crippen LogP contribution in [-0.2, 0) is 12.7 Å². The molecule has 25 heavy (non-hydrogen) atoms. The molecular formula is C17H15F3N4O. The summed E-state index contributed by atoms with van der Waals surface area (Å²) in [6.07, 6.45) is -2.82. The van der Waals surface area contributed by atoms with Crippen molar-refractivity contribution < 1.29 is 17.6 Å². The van der Waals surface area contributed by atoms with Crippen LogP contribution in [0.1, 0.15) is 17.1 Å². The molecule has 8 heteroatoms. The average molecular weight is 348 g/mol. The molecule has 3 aromatic rings. The molecule has 1 aromatic carbocycles. The van der Waals surface area contributed by atoms with Crippen molar-refractivity contribution in [2.45, 2.75) is 19.6 Å². The Labute approximate surface area is 141 Å². The fraction of sp³-hybridized carbons (Fsp3) is 0.176. The first-order chi connectivity index (χ1) is 11.9. The zero-order valence-electron chi connectivity index (χ0n) is 13.3. The fourth-order valence-corrected chi connectivity index (χ4v) is 2.23. The van der Waals surface area contributed by atoms with E-state index in [4.69, 9.17) is 4.42 Å². The average Bonchev–Trinajstić information content (AvgIpc) is 3.05. The lowest BCUT2D eigenvalue weighted by Gasteiger charge is -2.12. The number of benzene rings is 1. The largest absolute Gasteiger partial charge is 0.467 e. The number of rotatable bonds is 5. The number of furan rings is 1. The molecule has 0 aliphatic rings. The number of hydrogen-bond donors (Lipinski definition) is 2. The summed E-state index contributed by atoms with van der Waals surface area (Å²) in [6.45, 7) is 2.14. The maximum Gasteiger partial charge on any atom is 0.416 e. The maximum absolute atomic E-state index is 12.8. The number of hydrogen-bond acceptors (Lipinski definition) is 5. The topological polar surface area (TPSA) is 63.0 Å². The number of aryl methyl sites for hydroxylation is 1. The molecule has 2 N–H and O–H groups in total. The second kappa shape index (κ2) is 6.84. The molecule has 2 heterocycles. The van der Waals surface area contributed by atoms with E-state index in [-0.39, 0.29) is 0 Å². The third-order valence-electron chi connectivity index (χ3n) is 3.32. The van der Waals surface area contributed by atoms with E-state index in [0.29, 0.717) is 29.7 Å². The summed E-state index contributed by atoms with van der Waals surface area (Å²) in [4.78, 5) is 8.45. The van der Waals surface area contributed by atoms with Crippen LogP contribution in [0.25, 0.3) is 0 Å². The Hall–Kier alpha value is -3.03. The second-order valence-corrected chi connectivity index (χ2v) is 5.32. The first-order valence-corrected chi connectivity index (χ1v) is 7.46. The molecule has 0 saturated carbocycles. The lowest BCUT2D eigenvalue weighted by atomic mass is 10.2. The van der Waals surface area contributed by atoms with E-state index in [1.54, 1.807) is 31.4 Å². The molecule has 2 aromatic heterocycles. The van der Waals surface area contributed by atoms with Crippen molar-refractivity contribution in [3.63, 3.8) is 0 Å². The molecule has 3 rings (SSSR count). The molecule has 130 valence electrons. The lowest BCUT2D eigenvalue weighted by molar-refractivity contribution is -0.137. The first-order valence-electron chi connectivity index (χ1n) is 7.46. The summed E-state index contributed by atoms with van der Waals surface area (Å²) in [5, 5.41) is 5.96.